The van der Waals surface area contributed by atoms with Crippen LogP contribution in [-0.2, 0) is 4.79 Å². The molecule has 0 aromatic carbocycles. The molecule has 0 amide bonds. The van der Waals surface area contributed by atoms with Gasteiger partial charge in [-0.1, -0.05) is 0 Å². The SMILES string of the molecule is CN1[C@H]2CC[C@@H]1[C@H](O)C(=O)C2. The Kier molecular flexibility index (Phi) is 1.51. The highest BCUT2D eigenvalue weighted by molar-refractivity contribution is 5.85. The Morgan fingerprint density at radius 3 is 3.00 bits per heavy atom. The molecule has 2 aliphatic rings. The maximum Gasteiger partial charge on any atom is 0.164 e. The summed E-state index contributed by atoms with van der Waals surface area (Å²) in [4.78, 5) is 13.3. The molecule has 62 valence electrons. The first-order chi connectivity index (χ1) is 5.20. The minimum absolute atomic E-state index is 0.0376. The van der Waals surface area contributed by atoms with Crippen molar-refractivity contribution in [3.63, 3.8) is 0 Å². The van der Waals surface area contributed by atoms with Crippen LogP contribution in [0.15, 0.2) is 0 Å². The predicted octanol–water partition coefficient (Wildman–Crippen LogP) is -0.217. The first-order valence-electron chi connectivity index (χ1n) is 4.13. The van der Waals surface area contributed by atoms with Crippen LogP contribution in [-0.4, -0.2) is 41.0 Å². The van der Waals surface area contributed by atoms with Crippen molar-refractivity contribution in [3.8, 4) is 0 Å². The Morgan fingerprint density at radius 2 is 2.27 bits per heavy atom. The van der Waals surface area contributed by atoms with E-state index >= 15 is 0 Å². The molecule has 2 heterocycles. The van der Waals surface area contributed by atoms with Gasteiger partial charge in [0.2, 0.25) is 0 Å². The summed E-state index contributed by atoms with van der Waals surface area (Å²) in [7, 11) is 2.00. The molecule has 3 atom stereocenters. The van der Waals surface area contributed by atoms with Gasteiger partial charge in [0.25, 0.3) is 0 Å². The van der Waals surface area contributed by atoms with Crippen LogP contribution in [0.2, 0.25) is 0 Å². The molecule has 1 N–H and O–H groups in total. The van der Waals surface area contributed by atoms with E-state index in [-0.39, 0.29) is 11.8 Å². The van der Waals surface area contributed by atoms with Gasteiger partial charge in [-0.2, -0.15) is 0 Å². The van der Waals surface area contributed by atoms with Gasteiger partial charge < -0.3 is 5.11 Å². The number of rotatable bonds is 0. The first-order valence-corrected chi connectivity index (χ1v) is 4.13. The van der Waals surface area contributed by atoms with Crippen molar-refractivity contribution in [3.05, 3.63) is 0 Å². The van der Waals surface area contributed by atoms with Gasteiger partial charge in [-0.25, -0.2) is 0 Å². The average Bonchev–Trinajstić information content (AvgIpc) is 2.23. The lowest BCUT2D eigenvalue weighted by Gasteiger charge is -2.33. The van der Waals surface area contributed by atoms with Gasteiger partial charge in [-0.15, -0.1) is 0 Å². The second-order valence-corrected chi connectivity index (χ2v) is 3.58. The maximum absolute atomic E-state index is 11.1. The van der Waals surface area contributed by atoms with Crippen molar-refractivity contribution in [1.29, 1.82) is 0 Å². The van der Waals surface area contributed by atoms with Gasteiger partial charge in [-0.3, -0.25) is 9.69 Å². The van der Waals surface area contributed by atoms with Crippen LogP contribution in [0, 0.1) is 0 Å². The van der Waals surface area contributed by atoms with E-state index in [1.54, 1.807) is 0 Å². The fourth-order valence-corrected chi connectivity index (χ4v) is 2.24. The first kappa shape index (κ1) is 7.25. The van der Waals surface area contributed by atoms with Crippen molar-refractivity contribution in [2.24, 2.45) is 0 Å². The number of likely N-dealkylation sites (N-methyl/N-ethyl adjacent to an activating group) is 1. The van der Waals surface area contributed by atoms with E-state index in [9.17, 15) is 9.90 Å². The summed E-state index contributed by atoms with van der Waals surface area (Å²) in [6.07, 6.45) is 1.89. The second-order valence-electron chi connectivity index (χ2n) is 3.58. The molecule has 2 bridgehead atoms. The normalized spacial score (nSPS) is 44.9. The summed E-state index contributed by atoms with van der Waals surface area (Å²) in [6.45, 7) is 0. The molecular weight excluding hydrogens is 142 g/mol. The third-order valence-corrected chi connectivity index (χ3v) is 3.03. The van der Waals surface area contributed by atoms with Crippen molar-refractivity contribution < 1.29 is 9.90 Å². The zero-order valence-electron chi connectivity index (χ0n) is 6.66. The number of carbonyl (C=O) groups excluding carboxylic acids is 1. The monoisotopic (exact) mass is 155 g/mol. The number of aliphatic hydroxyl groups excluding tert-OH is 1. The number of hydrogen-bond acceptors (Lipinski definition) is 3. The third-order valence-electron chi connectivity index (χ3n) is 3.03. The van der Waals surface area contributed by atoms with Gasteiger partial charge in [0.1, 0.15) is 6.10 Å². The molecule has 2 aliphatic heterocycles. The number of Topliss-reactive ketones (excluding diaryl/α,β-unsaturated/α-hetero) is 1. The van der Waals surface area contributed by atoms with Crippen LogP contribution in [0.25, 0.3) is 0 Å². The summed E-state index contributed by atoms with van der Waals surface area (Å²) in [5.41, 5.74) is 0. The molecule has 0 aromatic heterocycles. The van der Waals surface area contributed by atoms with E-state index in [1.165, 1.54) is 0 Å². The van der Waals surface area contributed by atoms with E-state index in [0.717, 1.165) is 12.8 Å². The summed E-state index contributed by atoms with van der Waals surface area (Å²) in [5, 5.41) is 9.44. The number of fused-ring (bicyclic) bond motifs is 2. The molecule has 3 heteroatoms. The number of carbonyl (C=O) groups is 1. The molecule has 0 spiro atoms. The van der Waals surface area contributed by atoms with Gasteiger partial charge in [0, 0.05) is 18.5 Å². The van der Waals surface area contributed by atoms with Crippen LogP contribution in [0.5, 0.6) is 0 Å². The highest BCUT2D eigenvalue weighted by Crippen LogP contribution is 2.32. The second kappa shape index (κ2) is 2.29. The summed E-state index contributed by atoms with van der Waals surface area (Å²) < 4.78 is 0. The van der Waals surface area contributed by atoms with E-state index in [4.69, 9.17) is 0 Å². The number of piperidine rings is 1. The summed E-state index contributed by atoms with van der Waals surface area (Å²) in [5.74, 6) is 0.0376. The fourth-order valence-electron chi connectivity index (χ4n) is 2.24. The van der Waals surface area contributed by atoms with Crippen molar-refractivity contribution in [2.75, 3.05) is 7.05 Å². The van der Waals surface area contributed by atoms with Gasteiger partial charge in [0.05, 0.1) is 0 Å². The Labute approximate surface area is 66.0 Å². The van der Waals surface area contributed by atoms with Gasteiger partial charge in [0.15, 0.2) is 5.78 Å². The number of nitrogens with zero attached hydrogens (tertiary/aromatic N) is 1. The smallest absolute Gasteiger partial charge is 0.164 e. The zero-order chi connectivity index (χ0) is 8.01. The van der Waals surface area contributed by atoms with Gasteiger partial charge in [-0.05, 0) is 19.9 Å². The molecule has 2 saturated heterocycles. The Hall–Kier alpha value is -0.410. The summed E-state index contributed by atoms with van der Waals surface area (Å²) >= 11 is 0. The van der Waals surface area contributed by atoms with Crippen LogP contribution in [0.4, 0.5) is 0 Å². The molecule has 3 nitrogen and oxygen atoms in total. The lowest BCUT2D eigenvalue weighted by Crippen LogP contribution is -2.50. The minimum atomic E-state index is -0.709. The zero-order valence-corrected chi connectivity index (χ0v) is 6.66. The van der Waals surface area contributed by atoms with Crippen LogP contribution < -0.4 is 0 Å². The predicted molar refractivity (Wildman–Crippen MR) is 40.2 cm³/mol. The molecule has 0 radical (unpaired) electrons. The Morgan fingerprint density at radius 1 is 1.55 bits per heavy atom. The number of aliphatic hydroxyl groups is 1. The lowest BCUT2D eigenvalue weighted by molar-refractivity contribution is -0.134. The average molecular weight is 155 g/mol. The van der Waals surface area contributed by atoms with Gasteiger partial charge >= 0.3 is 0 Å². The maximum atomic E-state index is 11.1. The van der Waals surface area contributed by atoms with E-state index < -0.39 is 6.10 Å². The van der Waals surface area contributed by atoms with Crippen LogP contribution in [0.3, 0.4) is 0 Å². The van der Waals surface area contributed by atoms with Crippen molar-refractivity contribution in [1.82, 2.24) is 4.90 Å². The summed E-state index contributed by atoms with van der Waals surface area (Å²) in [6, 6.07) is 0.525. The highest BCUT2D eigenvalue weighted by Gasteiger charge is 2.43. The standard InChI is InChI=1S/C8H13NO2/c1-9-5-2-3-6(9)8(11)7(10)4-5/h5-6,8,11H,2-4H2,1H3/t5-,6+,8-/m0/s1. The molecule has 2 fully saturated rings. The largest absolute Gasteiger partial charge is 0.384 e. The van der Waals surface area contributed by atoms with Crippen LogP contribution in [0.1, 0.15) is 19.3 Å². The minimum Gasteiger partial charge on any atom is -0.384 e. The number of ketones is 1. The molecule has 0 unspecified atom stereocenters. The Bertz CT molecular complexity index is 193. The van der Waals surface area contributed by atoms with Crippen molar-refractivity contribution >= 4 is 5.78 Å². The third kappa shape index (κ3) is 0.914. The van der Waals surface area contributed by atoms with Crippen molar-refractivity contribution in [2.45, 2.75) is 37.5 Å². The number of hydrogen-bond donors (Lipinski definition) is 1. The van der Waals surface area contributed by atoms with E-state index in [0.29, 0.717) is 12.5 Å². The molecular formula is C8H13NO2. The lowest BCUT2D eigenvalue weighted by atomic mass is 9.99. The molecule has 11 heavy (non-hydrogen) atoms. The topological polar surface area (TPSA) is 40.5 Å². The van der Waals surface area contributed by atoms with E-state index in [2.05, 4.69) is 4.90 Å². The van der Waals surface area contributed by atoms with Crippen LogP contribution >= 0.6 is 0 Å². The molecule has 0 aliphatic carbocycles. The fraction of sp³-hybridized carbons (Fsp3) is 0.875. The quantitative estimate of drug-likeness (QED) is 0.526. The molecule has 2 rings (SSSR count). The van der Waals surface area contributed by atoms with E-state index in [1.807, 2.05) is 7.05 Å². The molecule has 0 saturated carbocycles. The Balaban J connectivity index is 2.22. The highest BCUT2D eigenvalue weighted by atomic mass is 16.3. The molecule has 0 aromatic rings.